The summed E-state index contributed by atoms with van der Waals surface area (Å²) in [6, 6.07) is 47.5. The number of rotatable bonds is 4. The van der Waals surface area contributed by atoms with Crippen LogP contribution < -0.4 is 0 Å². The van der Waals surface area contributed by atoms with Crippen LogP contribution in [-0.2, 0) is 0 Å². The summed E-state index contributed by atoms with van der Waals surface area (Å²) in [5.41, 5.74) is 7.49. The van der Waals surface area contributed by atoms with Crippen molar-refractivity contribution in [1.29, 1.82) is 0 Å². The Bertz CT molecular complexity index is 2540. The van der Waals surface area contributed by atoms with E-state index < -0.39 is 0 Å². The molecule has 210 valence electrons. The monoisotopic (exact) mass is 576 g/mol. The fourth-order valence-corrected chi connectivity index (χ4v) is 6.12. The predicted molar refractivity (Wildman–Crippen MR) is 182 cm³/mol. The van der Waals surface area contributed by atoms with E-state index in [-0.39, 0.29) is 0 Å². The standard InChI is InChI=1S/C40H24N4O/c1-2-10-27(11-3-1)38-42-39(28-20-17-26(18-21-28)30-22-19-25-9-4-5-12-29(25)23-30)44-40(43-38)32-14-8-16-35-36(32)33-24-41-34-15-7-6-13-31(34)37(33)45-35/h1-24H. The molecular weight excluding hydrogens is 552 g/mol. The molecule has 0 spiro atoms. The molecule has 0 amide bonds. The molecule has 0 aliphatic rings. The second-order valence-electron chi connectivity index (χ2n) is 11.1. The lowest BCUT2D eigenvalue weighted by atomic mass is 10.00. The van der Waals surface area contributed by atoms with Crippen LogP contribution in [-0.4, -0.2) is 19.9 Å². The number of furan rings is 1. The lowest BCUT2D eigenvalue weighted by Crippen LogP contribution is -2.00. The highest BCUT2D eigenvalue weighted by molar-refractivity contribution is 6.17. The fraction of sp³-hybridized carbons (Fsp3) is 0. The van der Waals surface area contributed by atoms with Gasteiger partial charge in [-0.2, -0.15) is 0 Å². The summed E-state index contributed by atoms with van der Waals surface area (Å²) in [6.07, 6.45) is 1.89. The number of benzene rings is 6. The minimum Gasteiger partial charge on any atom is -0.455 e. The third-order valence-corrected chi connectivity index (χ3v) is 8.37. The van der Waals surface area contributed by atoms with E-state index in [9.17, 15) is 0 Å². The third kappa shape index (κ3) is 4.33. The summed E-state index contributed by atoms with van der Waals surface area (Å²) < 4.78 is 6.43. The molecule has 5 heteroatoms. The molecular formula is C40H24N4O. The molecule has 0 saturated heterocycles. The van der Waals surface area contributed by atoms with Gasteiger partial charge in [0.2, 0.25) is 0 Å². The smallest absolute Gasteiger partial charge is 0.164 e. The van der Waals surface area contributed by atoms with Gasteiger partial charge in [-0.25, -0.2) is 15.0 Å². The second kappa shape index (κ2) is 10.2. The number of hydrogen-bond donors (Lipinski definition) is 0. The zero-order chi connectivity index (χ0) is 29.7. The summed E-state index contributed by atoms with van der Waals surface area (Å²) >= 11 is 0. The normalized spacial score (nSPS) is 11.6. The van der Waals surface area contributed by atoms with E-state index in [4.69, 9.17) is 24.4 Å². The number of nitrogens with zero attached hydrogens (tertiary/aromatic N) is 4. The fourth-order valence-electron chi connectivity index (χ4n) is 6.12. The van der Waals surface area contributed by atoms with Gasteiger partial charge in [-0.15, -0.1) is 0 Å². The van der Waals surface area contributed by atoms with Crippen molar-refractivity contribution in [3.63, 3.8) is 0 Å². The van der Waals surface area contributed by atoms with Crippen molar-refractivity contribution >= 4 is 43.6 Å². The molecule has 9 rings (SSSR count). The van der Waals surface area contributed by atoms with Gasteiger partial charge in [0.1, 0.15) is 11.2 Å². The summed E-state index contributed by atoms with van der Waals surface area (Å²) in [4.78, 5) is 19.8. The largest absolute Gasteiger partial charge is 0.455 e. The van der Waals surface area contributed by atoms with Crippen molar-refractivity contribution in [3.05, 3.63) is 146 Å². The average Bonchev–Trinajstić information content (AvgIpc) is 3.51. The van der Waals surface area contributed by atoms with Crippen molar-refractivity contribution < 1.29 is 4.42 Å². The lowest BCUT2D eigenvalue weighted by Gasteiger charge is -2.10. The van der Waals surface area contributed by atoms with Crippen molar-refractivity contribution in [2.45, 2.75) is 0 Å². The molecule has 6 aromatic carbocycles. The molecule has 0 radical (unpaired) electrons. The van der Waals surface area contributed by atoms with Crippen molar-refractivity contribution in [3.8, 4) is 45.3 Å². The summed E-state index contributed by atoms with van der Waals surface area (Å²) in [7, 11) is 0. The third-order valence-electron chi connectivity index (χ3n) is 8.37. The first-order valence-corrected chi connectivity index (χ1v) is 14.9. The Balaban J connectivity index is 1.21. The maximum Gasteiger partial charge on any atom is 0.164 e. The van der Waals surface area contributed by atoms with Crippen LogP contribution in [0.2, 0.25) is 0 Å². The molecule has 5 nitrogen and oxygen atoms in total. The highest BCUT2D eigenvalue weighted by atomic mass is 16.3. The zero-order valence-corrected chi connectivity index (χ0v) is 24.1. The van der Waals surface area contributed by atoms with Gasteiger partial charge in [-0.05, 0) is 46.2 Å². The van der Waals surface area contributed by atoms with Crippen LogP contribution >= 0.6 is 0 Å². The Labute approximate surface area is 258 Å². The van der Waals surface area contributed by atoms with Gasteiger partial charge < -0.3 is 4.42 Å². The molecule has 0 atom stereocenters. The number of pyridine rings is 1. The first-order chi connectivity index (χ1) is 22.3. The first-order valence-electron chi connectivity index (χ1n) is 14.9. The molecule has 45 heavy (non-hydrogen) atoms. The van der Waals surface area contributed by atoms with Crippen LogP contribution in [0.15, 0.2) is 150 Å². The van der Waals surface area contributed by atoms with Gasteiger partial charge in [0.25, 0.3) is 0 Å². The number of fused-ring (bicyclic) bond motifs is 6. The minimum absolute atomic E-state index is 0.582. The molecule has 0 aliphatic heterocycles. The summed E-state index contributed by atoms with van der Waals surface area (Å²) in [5, 5.41) is 5.30. The minimum atomic E-state index is 0.582. The van der Waals surface area contributed by atoms with E-state index in [1.54, 1.807) is 0 Å². The molecule has 0 aliphatic carbocycles. The van der Waals surface area contributed by atoms with Crippen LogP contribution in [0, 0.1) is 0 Å². The van der Waals surface area contributed by atoms with Crippen LogP contribution in [0.25, 0.3) is 88.9 Å². The Hall–Kier alpha value is -6.20. The van der Waals surface area contributed by atoms with E-state index >= 15 is 0 Å². The SMILES string of the molecule is c1ccc(-c2nc(-c3ccc(-c4ccc5ccccc5c4)cc3)nc(-c3cccc4oc5c6ccccc6ncc5c34)n2)cc1. The molecule has 0 N–H and O–H groups in total. The number of para-hydroxylation sites is 1. The number of hydrogen-bond acceptors (Lipinski definition) is 5. The maximum absolute atomic E-state index is 6.43. The van der Waals surface area contributed by atoms with Crippen LogP contribution in [0.4, 0.5) is 0 Å². The molecule has 3 heterocycles. The Morgan fingerprint density at radius 1 is 0.444 bits per heavy atom. The molecule has 0 saturated carbocycles. The van der Waals surface area contributed by atoms with E-state index in [0.717, 1.165) is 55.1 Å². The molecule has 0 fully saturated rings. The second-order valence-corrected chi connectivity index (χ2v) is 11.1. The molecule has 3 aromatic heterocycles. The van der Waals surface area contributed by atoms with E-state index in [0.29, 0.717) is 17.5 Å². The first kappa shape index (κ1) is 25.3. The van der Waals surface area contributed by atoms with Crippen LogP contribution in [0.1, 0.15) is 0 Å². The van der Waals surface area contributed by atoms with Crippen LogP contribution in [0.3, 0.4) is 0 Å². The quantitative estimate of drug-likeness (QED) is 0.209. The van der Waals surface area contributed by atoms with Gasteiger partial charge in [0, 0.05) is 39.0 Å². The van der Waals surface area contributed by atoms with E-state index in [1.807, 2.05) is 79.0 Å². The van der Waals surface area contributed by atoms with E-state index in [2.05, 4.69) is 66.7 Å². The maximum atomic E-state index is 6.43. The van der Waals surface area contributed by atoms with Gasteiger partial charge in [-0.3, -0.25) is 4.98 Å². The summed E-state index contributed by atoms with van der Waals surface area (Å²) in [5.74, 6) is 1.80. The van der Waals surface area contributed by atoms with E-state index in [1.165, 1.54) is 16.3 Å². The Kier molecular flexibility index (Phi) is 5.74. The molecule has 0 unspecified atom stereocenters. The van der Waals surface area contributed by atoms with Gasteiger partial charge >= 0.3 is 0 Å². The van der Waals surface area contributed by atoms with Crippen molar-refractivity contribution in [2.24, 2.45) is 0 Å². The number of aromatic nitrogens is 4. The Morgan fingerprint density at radius 3 is 1.96 bits per heavy atom. The summed E-state index contributed by atoms with van der Waals surface area (Å²) in [6.45, 7) is 0. The van der Waals surface area contributed by atoms with Crippen molar-refractivity contribution in [2.75, 3.05) is 0 Å². The van der Waals surface area contributed by atoms with Gasteiger partial charge in [-0.1, -0.05) is 115 Å². The molecule has 0 bridgehead atoms. The average molecular weight is 577 g/mol. The van der Waals surface area contributed by atoms with Crippen molar-refractivity contribution in [1.82, 2.24) is 19.9 Å². The predicted octanol–water partition coefficient (Wildman–Crippen LogP) is 10.1. The van der Waals surface area contributed by atoms with Gasteiger partial charge in [0.15, 0.2) is 17.5 Å². The van der Waals surface area contributed by atoms with Gasteiger partial charge in [0.05, 0.1) is 5.52 Å². The Morgan fingerprint density at radius 2 is 1.11 bits per heavy atom. The lowest BCUT2D eigenvalue weighted by molar-refractivity contribution is 0.672. The topological polar surface area (TPSA) is 64.7 Å². The highest BCUT2D eigenvalue weighted by Crippen LogP contribution is 2.38. The molecule has 9 aromatic rings. The zero-order valence-electron chi connectivity index (χ0n) is 24.1. The highest BCUT2D eigenvalue weighted by Gasteiger charge is 2.19. The van der Waals surface area contributed by atoms with Crippen LogP contribution in [0.5, 0.6) is 0 Å².